The fourth-order valence-corrected chi connectivity index (χ4v) is 2.82. The molecule has 0 saturated carbocycles. The monoisotopic (exact) mass is 273 g/mol. The van der Waals surface area contributed by atoms with E-state index in [0.29, 0.717) is 0 Å². The van der Waals surface area contributed by atoms with Crippen molar-refractivity contribution in [2.75, 3.05) is 18.1 Å². The molecule has 104 valence electrons. The predicted molar refractivity (Wildman–Crippen MR) is 74.3 cm³/mol. The lowest BCUT2D eigenvalue weighted by Crippen LogP contribution is -2.48. The van der Waals surface area contributed by atoms with Gasteiger partial charge in [0.25, 0.3) is 0 Å². The highest BCUT2D eigenvalue weighted by Crippen LogP contribution is 2.16. The molecule has 1 heterocycles. The van der Waals surface area contributed by atoms with Crippen LogP contribution in [0.1, 0.15) is 26.7 Å². The van der Waals surface area contributed by atoms with E-state index < -0.39 is 6.04 Å². The summed E-state index contributed by atoms with van der Waals surface area (Å²) in [5, 5.41) is 5.51. The number of rotatable bonds is 5. The Balaban J connectivity index is 2.22. The van der Waals surface area contributed by atoms with Crippen molar-refractivity contribution in [2.45, 2.75) is 38.8 Å². The summed E-state index contributed by atoms with van der Waals surface area (Å²) in [7, 11) is 0. The molecule has 1 aliphatic heterocycles. The third-order valence-corrected chi connectivity index (χ3v) is 4.08. The van der Waals surface area contributed by atoms with Gasteiger partial charge in [0.05, 0.1) is 12.6 Å². The quantitative estimate of drug-likeness (QED) is 0.663. The van der Waals surface area contributed by atoms with E-state index in [1.54, 1.807) is 0 Å². The maximum absolute atomic E-state index is 11.6. The number of nitrogens with two attached hydrogens (primary N) is 1. The number of nitrogens with one attached hydrogen (secondary N) is 2. The van der Waals surface area contributed by atoms with Gasteiger partial charge in [-0.05, 0) is 30.3 Å². The van der Waals surface area contributed by atoms with Crippen LogP contribution in [0.4, 0.5) is 0 Å². The van der Waals surface area contributed by atoms with E-state index in [1.807, 2.05) is 25.6 Å². The van der Waals surface area contributed by atoms with E-state index in [9.17, 15) is 9.59 Å². The van der Waals surface area contributed by atoms with Crippen LogP contribution in [0.25, 0.3) is 0 Å². The highest BCUT2D eigenvalue weighted by molar-refractivity contribution is 7.99. The van der Waals surface area contributed by atoms with Gasteiger partial charge in [-0.1, -0.05) is 13.8 Å². The van der Waals surface area contributed by atoms with Crippen LogP contribution in [0.2, 0.25) is 0 Å². The van der Waals surface area contributed by atoms with Gasteiger partial charge in [-0.3, -0.25) is 9.59 Å². The largest absolute Gasteiger partial charge is 0.352 e. The lowest BCUT2D eigenvalue weighted by molar-refractivity contribution is -0.127. The molecule has 1 fully saturated rings. The summed E-state index contributed by atoms with van der Waals surface area (Å²) in [4.78, 5) is 23.2. The maximum Gasteiger partial charge on any atom is 0.239 e. The van der Waals surface area contributed by atoms with E-state index in [-0.39, 0.29) is 30.3 Å². The fraction of sp³-hybridized carbons (Fsp3) is 0.833. The van der Waals surface area contributed by atoms with Crippen LogP contribution in [0.15, 0.2) is 0 Å². The number of thioether (sulfide) groups is 1. The van der Waals surface area contributed by atoms with Gasteiger partial charge >= 0.3 is 0 Å². The molecule has 0 radical (unpaired) electrons. The third-order valence-electron chi connectivity index (χ3n) is 3.03. The fourth-order valence-electron chi connectivity index (χ4n) is 1.71. The maximum atomic E-state index is 11.6. The average Bonchev–Trinajstić information content (AvgIpc) is 2.36. The van der Waals surface area contributed by atoms with Crippen molar-refractivity contribution < 1.29 is 9.59 Å². The van der Waals surface area contributed by atoms with Crippen molar-refractivity contribution in [1.82, 2.24) is 10.6 Å². The Morgan fingerprint density at radius 2 is 1.94 bits per heavy atom. The summed E-state index contributed by atoms with van der Waals surface area (Å²) in [6.07, 6.45) is 2.02. The zero-order valence-electron chi connectivity index (χ0n) is 11.1. The van der Waals surface area contributed by atoms with Gasteiger partial charge in [0, 0.05) is 6.04 Å². The Kier molecular flexibility index (Phi) is 6.49. The predicted octanol–water partition coefficient (Wildman–Crippen LogP) is 0.0977. The normalized spacial score (nSPS) is 18.4. The molecule has 0 bridgehead atoms. The summed E-state index contributed by atoms with van der Waals surface area (Å²) in [6, 6.07) is -0.293. The van der Waals surface area contributed by atoms with Crippen LogP contribution in [0.3, 0.4) is 0 Å². The molecule has 1 aliphatic rings. The highest BCUT2D eigenvalue weighted by Gasteiger charge is 2.19. The molecular weight excluding hydrogens is 250 g/mol. The summed E-state index contributed by atoms with van der Waals surface area (Å²) in [6.45, 7) is 3.77. The molecule has 2 amide bonds. The molecular formula is C12H23N3O2S. The van der Waals surface area contributed by atoms with Crippen LogP contribution >= 0.6 is 11.8 Å². The summed E-state index contributed by atoms with van der Waals surface area (Å²) >= 11 is 1.91. The zero-order chi connectivity index (χ0) is 13.5. The van der Waals surface area contributed by atoms with Gasteiger partial charge in [0.2, 0.25) is 11.8 Å². The molecule has 0 aromatic rings. The SMILES string of the molecule is CC(C)[C@H](N)C(=O)NCC(=O)NC1CCSCC1. The second-order valence-corrected chi connectivity index (χ2v) is 6.17. The summed E-state index contributed by atoms with van der Waals surface area (Å²) in [5.74, 6) is 1.87. The molecule has 0 aromatic carbocycles. The molecule has 0 unspecified atom stereocenters. The molecule has 0 aromatic heterocycles. The van der Waals surface area contributed by atoms with E-state index in [1.165, 1.54) is 0 Å². The molecule has 0 spiro atoms. The summed E-state index contributed by atoms with van der Waals surface area (Å²) in [5.41, 5.74) is 5.68. The number of hydrogen-bond donors (Lipinski definition) is 3. The first kappa shape index (κ1) is 15.3. The number of amides is 2. The van der Waals surface area contributed by atoms with Gasteiger partial charge in [-0.2, -0.15) is 11.8 Å². The molecule has 18 heavy (non-hydrogen) atoms. The second-order valence-electron chi connectivity index (χ2n) is 4.94. The van der Waals surface area contributed by atoms with Crippen LogP contribution in [0, 0.1) is 5.92 Å². The standard InChI is InChI=1S/C12H23N3O2S/c1-8(2)11(13)12(17)14-7-10(16)15-9-3-5-18-6-4-9/h8-9,11H,3-7,13H2,1-2H3,(H,14,17)(H,15,16)/t11-/m0/s1. The Morgan fingerprint density at radius 3 is 2.50 bits per heavy atom. The molecule has 1 rings (SSSR count). The van der Waals surface area contributed by atoms with E-state index in [0.717, 1.165) is 24.3 Å². The van der Waals surface area contributed by atoms with Gasteiger partial charge in [-0.15, -0.1) is 0 Å². The van der Waals surface area contributed by atoms with Crippen molar-refractivity contribution in [3.05, 3.63) is 0 Å². The Bertz CT molecular complexity index is 291. The number of carbonyl (C=O) groups is 2. The smallest absolute Gasteiger partial charge is 0.239 e. The average molecular weight is 273 g/mol. The van der Waals surface area contributed by atoms with Crippen LogP contribution in [-0.2, 0) is 9.59 Å². The highest BCUT2D eigenvalue weighted by atomic mass is 32.2. The molecule has 0 aliphatic carbocycles. The lowest BCUT2D eigenvalue weighted by Gasteiger charge is -2.23. The van der Waals surface area contributed by atoms with Gasteiger partial charge < -0.3 is 16.4 Å². The Morgan fingerprint density at radius 1 is 1.33 bits per heavy atom. The minimum atomic E-state index is -0.552. The first-order valence-corrected chi connectivity index (χ1v) is 7.56. The molecule has 6 heteroatoms. The molecule has 4 N–H and O–H groups in total. The van der Waals surface area contributed by atoms with Crippen LogP contribution < -0.4 is 16.4 Å². The van der Waals surface area contributed by atoms with Crippen molar-refractivity contribution in [3.8, 4) is 0 Å². The van der Waals surface area contributed by atoms with Crippen molar-refractivity contribution in [1.29, 1.82) is 0 Å². The molecule has 1 saturated heterocycles. The number of carbonyl (C=O) groups excluding carboxylic acids is 2. The minimum absolute atomic E-state index is 0.0168. The minimum Gasteiger partial charge on any atom is -0.352 e. The van der Waals surface area contributed by atoms with Crippen molar-refractivity contribution >= 4 is 23.6 Å². The Labute approximate surface area is 113 Å². The molecule has 5 nitrogen and oxygen atoms in total. The van der Waals surface area contributed by atoms with E-state index >= 15 is 0 Å². The third kappa shape index (κ3) is 5.27. The van der Waals surface area contributed by atoms with Gasteiger partial charge in [-0.25, -0.2) is 0 Å². The van der Waals surface area contributed by atoms with Gasteiger partial charge in [0.15, 0.2) is 0 Å². The first-order chi connectivity index (χ1) is 8.50. The first-order valence-electron chi connectivity index (χ1n) is 6.41. The van der Waals surface area contributed by atoms with Crippen LogP contribution in [0.5, 0.6) is 0 Å². The van der Waals surface area contributed by atoms with E-state index in [4.69, 9.17) is 5.73 Å². The topological polar surface area (TPSA) is 84.2 Å². The Hall–Kier alpha value is -0.750. The van der Waals surface area contributed by atoms with Gasteiger partial charge in [0.1, 0.15) is 0 Å². The summed E-state index contributed by atoms with van der Waals surface area (Å²) < 4.78 is 0. The lowest BCUT2D eigenvalue weighted by atomic mass is 10.1. The van der Waals surface area contributed by atoms with Crippen molar-refractivity contribution in [2.24, 2.45) is 11.7 Å². The van der Waals surface area contributed by atoms with Crippen LogP contribution in [-0.4, -0.2) is 41.9 Å². The molecule has 1 atom stereocenters. The van der Waals surface area contributed by atoms with Crippen molar-refractivity contribution in [3.63, 3.8) is 0 Å². The number of hydrogen-bond acceptors (Lipinski definition) is 4. The van der Waals surface area contributed by atoms with E-state index in [2.05, 4.69) is 10.6 Å². The second kappa shape index (κ2) is 7.63. The zero-order valence-corrected chi connectivity index (χ0v) is 11.9.